The van der Waals surface area contributed by atoms with Gasteiger partial charge in [0.2, 0.25) is 0 Å². The Labute approximate surface area is 107 Å². The Bertz CT molecular complexity index is 312. The molecule has 1 aromatic carbocycles. The zero-order valence-electron chi connectivity index (χ0n) is 8.32. The smallest absolute Gasteiger partial charge is 0.125 e. The Morgan fingerprint density at radius 2 is 2.27 bits per heavy atom. The van der Waals surface area contributed by atoms with Crippen LogP contribution in [0.5, 0.6) is 0 Å². The summed E-state index contributed by atoms with van der Waals surface area (Å²) in [7, 11) is 0. The largest absolute Gasteiger partial charge is 0.382 e. The van der Waals surface area contributed by atoms with Gasteiger partial charge in [-0.2, -0.15) is 11.8 Å². The number of hydrogen-bond donors (Lipinski definition) is 1. The lowest BCUT2D eigenvalue weighted by Crippen LogP contribution is -2.05. The average molecular weight is 313 g/mol. The van der Waals surface area contributed by atoms with E-state index in [1.54, 1.807) is 0 Å². The molecule has 0 radical (unpaired) electrons. The summed E-state index contributed by atoms with van der Waals surface area (Å²) < 4.78 is 13.6. The molecule has 15 heavy (non-hydrogen) atoms. The number of thioether (sulfide) groups is 1. The topological polar surface area (TPSA) is 12.0 Å². The first-order chi connectivity index (χ1) is 7.15. The second-order valence-electron chi connectivity index (χ2n) is 2.87. The van der Waals surface area contributed by atoms with E-state index >= 15 is 0 Å². The van der Waals surface area contributed by atoms with Crippen molar-refractivity contribution in [3.8, 4) is 0 Å². The van der Waals surface area contributed by atoms with Crippen LogP contribution in [0.25, 0.3) is 0 Å². The van der Waals surface area contributed by atoms with Crippen LogP contribution in [-0.2, 0) is 0 Å². The molecule has 0 heterocycles. The van der Waals surface area contributed by atoms with E-state index in [2.05, 4.69) is 28.2 Å². The number of halogens is 3. The summed E-state index contributed by atoms with van der Waals surface area (Å²) in [6.07, 6.45) is 0. The van der Waals surface area contributed by atoms with Gasteiger partial charge in [0.05, 0.1) is 10.7 Å². The highest BCUT2D eigenvalue weighted by atomic mass is 79.9. The van der Waals surface area contributed by atoms with Crippen molar-refractivity contribution >= 4 is 45.0 Å². The van der Waals surface area contributed by atoms with E-state index in [-0.39, 0.29) is 5.82 Å². The van der Waals surface area contributed by atoms with Gasteiger partial charge in [-0.1, -0.05) is 18.5 Å². The minimum Gasteiger partial charge on any atom is -0.382 e. The van der Waals surface area contributed by atoms with Crippen molar-refractivity contribution in [1.82, 2.24) is 0 Å². The zero-order valence-corrected chi connectivity index (χ0v) is 11.5. The molecule has 0 aliphatic rings. The van der Waals surface area contributed by atoms with Gasteiger partial charge in [0.1, 0.15) is 5.82 Å². The number of anilines is 1. The minimum atomic E-state index is -0.333. The summed E-state index contributed by atoms with van der Waals surface area (Å²) >= 11 is 11.0. The first kappa shape index (κ1) is 13.1. The Hall–Kier alpha value is 0.0700. The fourth-order valence-corrected chi connectivity index (χ4v) is 2.60. The van der Waals surface area contributed by atoms with Crippen molar-refractivity contribution < 1.29 is 4.39 Å². The van der Waals surface area contributed by atoms with Crippen molar-refractivity contribution in [3.05, 3.63) is 27.4 Å². The quantitative estimate of drug-likeness (QED) is 0.808. The first-order valence-corrected chi connectivity index (χ1v) is 6.94. The van der Waals surface area contributed by atoms with E-state index in [0.29, 0.717) is 9.50 Å². The third-order valence-corrected chi connectivity index (χ3v) is 3.58. The van der Waals surface area contributed by atoms with Crippen LogP contribution in [0.4, 0.5) is 10.1 Å². The van der Waals surface area contributed by atoms with E-state index < -0.39 is 0 Å². The molecule has 1 N–H and O–H groups in total. The second-order valence-corrected chi connectivity index (χ2v) is 5.52. The van der Waals surface area contributed by atoms with Gasteiger partial charge >= 0.3 is 0 Å². The molecule has 84 valence electrons. The van der Waals surface area contributed by atoms with Crippen LogP contribution in [0, 0.1) is 5.82 Å². The summed E-state index contributed by atoms with van der Waals surface area (Å²) in [6, 6.07) is 2.71. The molecule has 5 heteroatoms. The molecule has 0 saturated carbocycles. The Morgan fingerprint density at radius 3 is 2.87 bits per heavy atom. The van der Waals surface area contributed by atoms with Crippen molar-refractivity contribution in [2.45, 2.75) is 6.92 Å². The van der Waals surface area contributed by atoms with Crippen LogP contribution in [0.15, 0.2) is 16.6 Å². The minimum absolute atomic E-state index is 0.333. The maximum Gasteiger partial charge on any atom is 0.125 e. The highest BCUT2D eigenvalue weighted by molar-refractivity contribution is 9.10. The maximum absolute atomic E-state index is 12.9. The normalized spacial score (nSPS) is 10.4. The predicted octanol–water partition coefficient (Wildman–Crippen LogP) is 4.41. The highest BCUT2D eigenvalue weighted by Crippen LogP contribution is 2.31. The molecule has 0 aliphatic carbocycles. The summed E-state index contributed by atoms with van der Waals surface area (Å²) in [4.78, 5) is 0. The van der Waals surface area contributed by atoms with Crippen LogP contribution in [0.2, 0.25) is 5.02 Å². The fraction of sp³-hybridized carbons (Fsp3) is 0.400. The summed E-state index contributed by atoms with van der Waals surface area (Å²) in [5.74, 6) is 1.77. The molecule has 0 fully saturated rings. The SMILES string of the molecule is CCSCCNc1c(Cl)cc(F)cc1Br. The predicted molar refractivity (Wildman–Crippen MR) is 70.6 cm³/mol. The number of rotatable bonds is 5. The second kappa shape index (κ2) is 6.61. The molecule has 1 rings (SSSR count). The molecular formula is C10H12BrClFNS. The van der Waals surface area contributed by atoms with Crippen molar-refractivity contribution in [2.75, 3.05) is 23.4 Å². The molecule has 1 nitrogen and oxygen atoms in total. The monoisotopic (exact) mass is 311 g/mol. The fourth-order valence-electron chi connectivity index (χ4n) is 1.10. The lowest BCUT2D eigenvalue weighted by Gasteiger charge is -2.10. The summed E-state index contributed by atoms with van der Waals surface area (Å²) in [5.41, 5.74) is 0.759. The van der Waals surface area contributed by atoms with Crippen LogP contribution >= 0.6 is 39.3 Å². The molecule has 0 bridgehead atoms. The van der Waals surface area contributed by atoms with Crippen LogP contribution in [0.1, 0.15) is 6.92 Å². The molecule has 1 aromatic rings. The zero-order chi connectivity index (χ0) is 11.3. The number of benzene rings is 1. The third-order valence-electron chi connectivity index (χ3n) is 1.76. The standard InChI is InChI=1S/C10H12BrClFNS/c1-2-15-4-3-14-10-8(11)5-7(13)6-9(10)12/h5-6,14H,2-4H2,1H3. The summed E-state index contributed by atoms with van der Waals surface area (Å²) in [6.45, 7) is 2.94. The molecule has 0 aromatic heterocycles. The molecule has 0 spiro atoms. The Balaban J connectivity index is 2.60. The van der Waals surface area contributed by atoms with E-state index in [9.17, 15) is 4.39 Å². The first-order valence-electron chi connectivity index (χ1n) is 4.61. The van der Waals surface area contributed by atoms with Crippen LogP contribution in [-0.4, -0.2) is 18.1 Å². The molecule has 0 amide bonds. The van der Waals surface area contributed by atoms with Crippen molar-refractivity contribution in [2.24, 2.45) is 0 Å². The highest BCUT2D eigenvalue weighted by Gasteiger charge is 2.06. The van der Waals surface area contributed by atoms with Crippen molar-refractivity contribution in [1.29, 1.82) is 0 Å². The summed E-state index contributed by atoms with van der Waals surface area (Å²) in [5, 5.41) is 3.58. The average Bonchev–Trinajstić information content (AvgIpc) is 2.15. The number of nitrogens with one attached hydrogen (secondary N) is 1. The lowest BCUT2D eigenvalue weighted by atomic mass is 10.3. The maximum atomic E-state index is 12.9. The van der Waals surface area contributed by atoms with Crippen LogP contribution < -0.4 is 5.32 Å². The Morgan fingerprint density at radius 1 is 1.53 bits per heavy atom. The van der Waals surface area contributed by atoms with E-state index in [1.165, 1.54) is 12.1 Å². The van der Waals surface area contributed by atoms with Gasteiger partial charge in [-0.05, 0) is 33.8 Å². The Kier molecular flexibility index (Phi) is 5.79. The van der Waals surface area contributed by atoms with Gasteiger partial charge < -0.3 is 5.32 Å². The van der Waals surface area contributed by atoms with Gasteiger partial charge in [0, 0.05) is 16.8 Å². The third kappa shape index (κ3) is 4.21. The molecule has 0 saturated heterocycles. The van der Waals surface area contributed by atoms with Gasteiger partial charge in [0.15, 0.2) is 0 Å². The van der Waals surface area contributed by atoms with Gasteiger partial charge in [-0.25, -0.2) is 4.39 Å². The van der Waals surface area contributed by atoms with E-state index in [0.717, 1.165) is 23.7 Å². The molecular weight excluding hydrogens is 301 g/mol. The van der Waals surface area contributed by atoms with E-state index in [1.807, 2.05) is 11.8 Å². The lowest BCUT2D eigenvalue weighted by molar-refractivity contribution is 0.627. The van der Waals surface area contributed by atoms with Gasteiger partial charge in [-0.15, -0.1) is 0 Å². The van der Waals surface area contributed by atoms with Gasteiger partial charge in [0.25, 0.3) is 0 Å². The molecule has 0 atom stereocenters. The van der Waals surface area contributed by atoms with Gasteiger partial charge in [-0.3, -0.25) is 0 Å². The van der Waals surface area contributed by atoms with Crippen LogP contribution in [0.3, 0.4) is 0 Å². The van der Waals surface area contributed by atoms with Crippen molar-refractivity contribution in [3.63, 3.8) is 0 Å². The van der Waals surface area contributed by atoms with E-state index in [4.69, 9.17) is 11.6 Å². The molecule has 0 aliphatic heterocycles. The number of hydrogen-bond acceptors (Lipinski definition) is 2. The molecule has 0 unspecified atom stereocenters.